The van der Waals surface area contributed by atoms with E-state index in [1.54, 1.807) is 0 Å². The quantitative estimate of drug-likeness (QED) is 0.810. The standard InChI is InChI=1S/C9H10ClNO4S/c1-6(10)16(14,15)11-8-4-2-7(3-5-8)9(12)13/h2-6,11H,1H3,(H,12,13). The van der Waals surface area contributed by atoms with Gasteiger partial charge in [0.2, 0.25) is 10.0 Å². The molecular formula is C9H10ClNO4S. The SMILES string of the molecule is CC(Cl)S(=O)(=O)Nc1ccc(C(=O)O)cc1. The Hall–Kier alpha value is -1.27. The molecule has 1 aromatic carbocycles. The second kappa shape index (κ2) is 4.71. The van der Waals surface area contributed by atoms with Crippen LogP contribution in [0.1, 0.15) is 17.3 Å². The largest absolute Gasteiger partial charge is 0.478 e. The molecular weight excluding hydrogens is 254 g/mol. The number of benzene rings is 1. The number of carboxylic acids is 1. The summed E-state index contributed by atoms with van der Waals surface area (Å²) in [6.45, 7) is 1.33. The first kappa shape index (κ1) is 12.8. The van der Waals surface area contributed by atoms with Crippen LogP contribution in [-0.4, -0.2) is 24.2 Å². The number of alkyl halides is 1. The number of carbonyl (C=O) groups is 1. The summed E-state index contributed by atoms with van der Waals surface area (Å²) in [4.78, 5) is 10.5. The summed E-state index contributed by atoms with van der Waals surface area (Å²) < 4.78 is 23.9. The first-order chi connectivity index (χ1) is 7.33. The van der Waals surface area contributed by atoms with Crippen molar-refractivity contribution >= 4 is 33.3 Å². The predicted octanol–water partition coefficient (Wildman–Crippen LogP) is 1.71. The van der Waals surface area contributed by atoms with Crippen LogP contribution >= 0.6 is 11.6 Å². The molecule has 16 heavy (non-hydrogen) atoms. The first-order valence-corrected chi connectivity index (χ1v) is 6.30. The molecule has 0 saturated heterocycles. The summed E-state index contributed by atoms with van der Waals surface area (Å²) in [6, 6.07) is 5.33. The van der Waals surface area contributed by atoms with E-state index in [0.29, 0.717) is 0 Å². The Kier molecular flexibility index (Phi) is 3.77. The fourth-order valence-corrected chi connectivity index (χ4v) is 1.69. The summed E-state index contributed by atoms with van der Waals surface area (Å²) in [7, 11) is -3.62. The Morgan fingerprint density at radius 2 is 1.88 bits per heavy atom. The molecule has 0 aliphatic heterocycles. The molecule has 0 heterocycles. The number of carboxylic acid groups (broad SMARTS) is 1. The minimum absolute atomic E-state index is 0.0851. The number of sulfonamides is 1. The highest BCUT2D eigenvalue weighted by atomic mass is 35.5. The van der Waals surface area contributed by atoms with Crippen LogP contribution in [0.4, 0.5) is 5.69 Å². The van der Waals surface area contributed by atoms with Gasteiger partial charge in [0.05, 0.1) is 5.56 Å². The van der Waals surface area contributed by atoms with E-state index in [4.69, 9.17) is 16.7 Å². The lowest BCUT2D eigenvalue weighted by Crippen LogP contribution is -2.20. The van der Waals surface area contributed by atoms with Gasteiger partial charge in [-0.1, -0.05) is 0 Å². The maximum Gasteiger partial charge on any atom is 0.335 e. The van der Waals surface area contributed by atoms with E-state index >= 15 is 0 Å². The van der Waals surface area contributed by atoms with Crippen molar-refractivity contribution in [1.29, 1.82) is 0 Å². The highest BCUT2D eigenvalue weighted by Gasteiger charge is 2.17. The van der Waals surface area contributed by atoms with E-state index in [-0.39, 0.29) is 11.3 Å². The highest BCUT2D eigenvalue weighted by molar-refractivity contribution is 7.94. The van der Waals surface area contributed by atoms with Crippen LogP contribution in [0.15, 0.2) is 24.3 Å². The number of halogens is 1. The monoisotopic (exact) mass is 263 g/mol. The van der Waals surface area contributed by atoms with Crippen molar-refractivity contribution in [2.24, 2.45) is 0 Å². The van der Waals surface area contributed by atoms with Gasteiger partial charge in [-0.15, -0.1) is 11.6 Å². The van der Waals surface area contributed by atoms with Crippen molar-refractivity contribution in [2.75, 3.05) is 4.72 Å². The molecule has 5 nitrogen and oxygen atoms in total. The van der Waals surface area contributed by atoms with Crippen LogP contribution in [0.5, 0.6) is 0 Å². The van der Waals surface area contributed by atoms with Crippen LogP contribution in [-0.2, 0) is 10.0 Å². The van der Waals surface area contributed by atoms with Gasteiger partial charge >= 0.3 is 5.97 Å². The van der Waals surface area contributed by atoms with Crippen LogP contribution in [0.25, 0.3) is 0 Å². The van der Waals surface area contributed by atoms with Crippen LogP contribution in [0.3, 0.4) is 0 Å². The summed E-state index contributed by atoms with van der Waals surface area (Å²) >= 11 is 5.46. The van der Waals surface area contributed by atoms with Gasteiger partial charge in [-0.2, -0.15) is 0 Å². The Balaban J connectivity index is 2.89. The molecule has 0 spiro atoms. The minimum Gasteiger partial charge on any atom is -0.478 e. The molecule has 1 rings (SSSR count). The van der Waals surface area contributed by atoms with Crippen LogP contribution < -0.4 is 4.72 Å². The van der Waals surface area contributed by atoms with Gasteiger partial charge in [0, 0.05) is 5.69 Å². The van der Waals surface area contributed by atoms with Gasteiger partial charge in [0.25, 0.3) is 0 Å². The second-order valence-corrected chi connectivity index (χ2v) is 5.99. The predicted molar refractivity (Wildman–Crippen MR) is 61.3 cm³/mol. The van der Waals surface area contributed by atoms with E-state index in [1.165, 1.54) is 31.2 Å². The fraction of sp³-hybridized carbons (Fsp3) is 0.222. The molecule has 2 N–H and O–H groups in total. The molecule has 0 aliphatic carbocycles. The van der Waals surface area contributed by atoms with Crippen molar-refractivity contribution in [1.82, 2.24) is 0 Å². The number of aromatic carboxylic acids is 1. The van der Waals surface area contributed by atoms with Gasteiger partial charge in [-0.3, -0.25) is 4.72 Å². The van der Waals surface area contributed by atoms with Crippen LogP contribution in [0, 0.1) is 0 Å². The van der Waals surface area contributed by atoms with E-state index in [9.17, 15) is 13.2 Å². The van der Waals surface area contributed by atoms with Crippen LogP contribution in [0.2, 0.25) is 0 Å². The number of anilines is 1. The van der Waals surface area contributed by atoms with E-state index in [0.717, 1.165) is 0 Å². The molecule has 0 aromatic heterocycles. The highest BCUT2D eigenvalue weighted by Crippen LogP contribution is 2.14. The summed E-state index contributed by atoms with van der Waals surface area (Å²) in [5.41, 5.74) is 0.361. The van der Waals surface area contributed by atoms with Crippen molar-refractivity contribution in [2.45, 2.75) is 11.6 Å². The lowest BCUT2D eigenvalue weighted by atomic mass is 10.2. The van der Waals surface area contributed by atoms with Crippen molar-refractivity contribution < 1.29 is 18.3 Å². The zero-order chi connectivity index (χ0) is 12.3. The normalized spacial score (nSPS) is 13.1. The molecule has 0 bridgehead atoms. The maximum atomic E-state index is 11.4. The van der Waals surface area contributed by atoms with Gasteiger partial charge in [0.15, 0.2) is 4.71 Å². The molecule has 0 aliphatic rings. The number of hydrogen-bond acceptors (Lipinski definition) is 3. The Morgan fingerprint density at radius 3 is 2.25 bits per heavy atom. The molecule has 7 heteroatoms. The van der Waals surface area contributed by atoms with Gasteiger partial charge in [0.1, 0.15) is 0 Å². The minimum atomic E-state index is -3.62. The molecule has 1 unspecified atom stereocenters. The summed E-state index contributed by atoms with van der Waals surface area (Å²) in [5, 5.41) is 8.64. The lowest BCUT2D eigenvalue weighted by molar-refractivity contribution is 0.0697. The van der Waals surface area contributed by atoms with Crippen molar-refractivity contribution in [3.8, 4) is 0 Å². The van der Waals surface area contributed by atoms with Gasteiger partial charge in [-0.05, 0) is 31.2 Å². The topological polar surface area (TPSA) is 83.5 Å². The van der Waals surface area contributed by atoms with E-state index in [1.807, 2.05) is 0 Å². The molecule has 0 fully saturated rings. The molecule has 0 amide bonds. The smallest absolute Gasteiger partial charge is 0.335 e. The molecule has 1 atom stereocenters. The number of rotatable bonds is 4. The fourth-order valence-electron chi connectivity index (χ4n) is 0.926. The molecule has 0 saturated carbocycles. The van der Waals surface area contributed by atoms with Crippen molar-refractivity contribution in [3.63, 3.8) is 0 Å². The number of hydrogen-bond donors (Lipinski definition) is 2. The lowest BCUT2D eigenvalue weighted by Gasteiger charge is -2.09. The molecule has 88 valence electrons. The number of nitrogens with one attached hydrogen (secondary N) is 1. The molecule has 1 aromatic rings. The van der Waals surface area contributed by atoms with E-state index < -0.39 is 20.7 Å². The van der Waals surface area contributed by atoms with Gasteiger partial charge < -0.3 is 5.11 Å². The van der Waals surface area contributed by atoms with E-state index in [2.05, 4.69) is 4.72 Å². The Morgan fingerprint density at radius 1 is 1.38 bits per heavy atom. The zero-order valence-corrected chi connectivity index (χ0v) is 9.92. The maximum absolute atomic E-state index is 11.4. The third kappa shape index (κ3) is 3.11. The third-order valence-electron chi connectivity index (χ3n) is 1.82. The zero-order valence-electron chi connectivity index (χ0n) is 8.34. The summed E-state index contributed by atoms with van der Waals surface area (Å²) in [5.74, 6) is -1.07. The average Bonchev–Trinajstić information content (AvgIpc) is 2.17. The third-order valence-corrected chi connectivity index (χ3v) is 3.90. The Bertz CT molecular complexity index is 481. The first-order valence-electron chi connectivity index (χ1n) is 4.32. The van der Waals surface area contributed by atoms with Crippen molar-refractivity contribution in [3.05, 3.63) is 29.8 Å². The summed E-state index contributed by atoms with van der Waals surface area (Å²) in [6.07, 6.45) is 0. The van der Waals surface area contributed by atoms with Gasteiger partial charge in [-0.25, -0.2) is 13.2 Å². The molecule has 0 radical (unpaired) electrons. The average molecular weight is 264 g/mol. The second-order valence-electron chi connectivity index (χ2n) is 3.07. The Labute approximate surface area is 98.1 Å².